The van der Waals surface area contributed by atoms with Gasteiger partial charge in [0.1, 0.15) is 0 Å². The summed E-state index contributed by atoms with van der Waals surface area (Å²) in [5, 5.41) is 9.47. The van der Waals surface area contributed by atoms with Crippen molar-refractivity contribution in [2.75, 3.05) is 0 Å². The zero-order valence-corrected chi connectivity index (χ0v) is 9.85. The average Bonchev–Trinajstić information content (AvgIpc) is 2.54. The molecule has 0 radical (unpaired) electrons. The van der Waals surface area contributed by atoms with Gasteiger partial charge in [-0.3, -0.25) is 4.79 Å². The van der Waals surface area contributed by atoms with Crippen molar-refractivity contribution in [3.63, 3.8) is 0 Å². The number of carboxylic acids is 1. The maximum atomic E-state index is 11.7. The van der Waals surface area contributed by atoms with Gasteiger partial charge in [-0.2, -0.15) is 0 Å². The van der Waals surface area contributed by atoms with Gasteiger partial charge in [-0.05, 0) is 18.4 Å². The van der Waals surface area contributed by atoms with Crippen LogP contribution >= 0.6 is 11.3 Å². The number of hydrogen-bond donors (Lipinski definition) is 1. The van der Waals surface area contributed by atoms with Crippen molar-refractivity contribution < 1.29 is 18.3 Å². The van der Waals surface area contributed by atoms with Crippen molar-refractivity contribution >= 4 is 27.1 Å². The van der Waals surface area contributed by atoms with Crippen LogP contribution in [0.1, 0.15) is 18.2 Å². The van der Waals surface area contributed by atoms with Crippen molar-refractivity contribution in [3.8, 4) is 0 Å². The minimum absolute atomic E-state index is 0.0703. The lowest BCUT2D eigenvalue weighted by atomic mass is 10.3. The highest BCUT2D eigenvalue weighted by Gasteiger charge is 2.23. The maximum absolute atomic E-state index is 11.7. The summed E-state index contributed by atoms with van der Waals surface area (Å²) in [6.07, 6.45) is -0.340. The molecule has 0 aliphatic heterocycles. The fraction of sp³-hybridized carbons (Fsp3) is 0.444. The van der Waals surface area contributed by atoms with Gasteiger partial charge in [-0.25, -0.2) is 8.42 Å². The lowest BCUT2D eigenvalue weighted by Crippen LogP contribution is -2.22. The van der Waals surface area contributed by atoms with Crippen molar-refractivity contribution in [2.24, 2.45) is 0 Å². The van der Waals surface area contributed by atoms with Gasteiger partial charge in [-0.1, -0.05) is 6.07 Å². The topological polar surface area (TPSA) is 71.4 Å². The van der Waals surface area contributed by atoms with E-state index < -0.39 is 21.1 Å². The zero-order valence-electron chi connectivity index (χ0n) is 8.21. The highest BCUT2D eigenvalue weighted by atomic mass is 32.2. The van der Waals surface area contributed by atoms with Crippen LogP contribution in [0.25, 0.3) is 0 Å². The fourth-order valence-corrected chi connectivity index (χ4v) is 3.54. The van der Waals surface area contributed by atoms with Crippen LogP contribution < -0.4 is 0 Å². The second-order valence-corrected chi connectivity index (χ2v) is 6.75. The van der Waals surface area contributed by atoms with E-state index in [4.69, 9.17) is 5.11 Å². The van der Waals surface area contributed by atoms with Crippen LogP contribution in [0.4, 0.5) is 0 Å². The standard InChI is InChI=1S/C9H12O4S2/c1-7(5-9(10)11)15(12,13)6-8-3-2-4-14-8/h2-4,7H,5-6H2,1H3,(H,10,11). The molecule has 0 amide bonds. The number of sulfone groups is 1. The number of thiophene rings is 1. The molecule has 0 aliphatic rings. The van der Waals surface area contributed by atoms with E-state index in [1.54, 1.807) is 17.5 Å². The summed E-state index contributed by atoms with van der Waals surface area (Å²) in [5.74, 6) is -1.16. The van der Waals surface area contributed by atoms with Gasteiger partial charge in [0.05, 0.1) is 17.4 Å². The second kappa shape index (κ2) is 4.76. The third-order valence-corrected chi connectivity index (χ3v) is 5.16. The Morgan fingerprint density at radius 3 is 2.73 bits per heavy atom. The molecule has 6 heteroatoms. The predicted molar refractivity (Wildman–Crippen MR) is 58.7 cm³/mol. The van der Waals surface area contributed by atoms with E-state index in [9.17, 15) is 13.2 Å². The van der Waals surface area contributed by atoms with E-state index in [0.29, 0.717) is 0 Å². The van der Waals surface area contributed by atoms with Crippen molar-refractivity contribution in [3.05, 3.63) is 22.4 Å². The smallest absolute Gasteiger partial charge is 0.304 e. The van der Waals surface area contributed by atoms with Gasteiger partial charge in [0, 0.05) is 4.88 Å². The molecule has 1 aromatic heterocycles. The lowest BCUT2D eigenvalue weighted by molar-refractivity contribution is -0.136. The molecule has 1 rings (SSSR count). The molecule has 0 saturated heterocycles. The molecule has 1 aromatic rings. The van der Waals surface area contributed by atoms with Gasteiger partial charge in [-0.15, -0.1) is 11.3 Å². The molecule has 1 atom stereocenters. The number of aliphatic carboxylic acids is 1. The third kappa shape index (κ3) is 3.64. The summed E-state index contributed by atoms with van der Waals surface area (Å²) in [5.41, 5.74) is 0. The quantitative estimate of drug-likeness (QED) is 0.857. The first kappa shape index (κ1) is 12.2. The predicted octanol–water partition coefficient (Wildman–Crippen LogP) is 1.53. The lowest BCUT2D eigenvalue weighted by Gasteiger charge is -2.09. The highest BCUT2D eigenvalue weighted by Crippen LogP contribution is 2.17. The van der Waals surface area contributed by atoms with Gasteiger partial charge in [0.25, 0.3) is 0 Å². The Bertz CT molecular complexity index is 419. The fourth-order valence-electron chi connectivity index (χ4n) is 1.11. The maximum Gasteiger partial charge on any atom is 0.304 e. The SMILES string of the molecule is CC(CC(=O)O)S(=O)(=O)Cc1cccs1. The van der Waals surface area contributed by atoms with E-state index in [1.807, 2.05) is 0 Å². The molecule has 0 fully saturated rings. The molecule has 0 spiro atoms. The summed E-state index contributed by atoms with van der Waals surface area (Å²) < 4.78 is 23.4. The Labute approximate surface area is 92.5 Å². The van der Waals surface area contributed by atoms with Crippen molar-refractivity contribution in [2.45, 2.75) is 24.3 Å². The van der Waals surface area contributed by atoms with Crippen LogP contribution in [0.2, 0.25) is 0 Å². The van der Waals surface area contributed by atoms with Crippen LogP contribution in [-0.4, -0.2) is 24.7 Å². The normalized spacial score (nSPS) is 13.7. The molecule has 4 nitrogen and oxygen atoms in total. The van der Waals surface area contributed by atoms with E-state index in [1.165, 1.54) is 18.3 Å². The molecular formula is C9H12O4S2. The first-order valence-electron chi connectivity index (χ1n) is 4.37. The minimum atomic E-state index is -3.35. The van der Waals surface area contributed by atoms with Gasteiger partial charge in [0.15, 0.2) is 9.84 Å². The molecule has 84 valence electrons. The third-order valence-electron chi connectivity index (χ3n) is 2.00. The van der Waals surface area contributed by atoms with E-state index in [2.05, 4.69) is 0 Å². The molecule has 0 saturated carbocycles. The van der Waals surface area contributed by atoms with Crippen LogP contribution in [0.5, 0.6) is 0 Å². The van der Waals surface area contributed by atoms with E-state index in [0.717, 1.165) is 4.88 Å². The van der Waals surface area contributed by atoms with Gasteiger partial charge in [0.2, 0.25) is 0 Å². The number of carboxylic acid groups (broad SMARTS) is 1. The highest BCUT2D eigenvalue weighted by molar-refractivity contribution is 7.91. The molecule has 0 bridgehead atoms. The van der Waals surface area contributed by atoms with E-state index >= 15 is 0 Å². The molecular weight excluding hydrogens is 236 g/mol. The number of rotatable bonds is 5. The summed E-state index contributed by atoms with van der Waals surface area (Å²) >= 11 is 1.36. The monoisotopic (exact) mass is 248 g/mol. The van der Waals surface area contributed by atoms with Crippen LogP contribution in [0.15, 0.2) is 17.5 Å². The largest absolute Gasteiger partial charge is 0.481 e. The first-order valence-corrected chi connectivity index (χ1v) is 6.97. The molecule has 15 heavy (non-hydrogen) atoms. The Morgan fingerprint density at radius 1 is 1.60 bits per heavy atom. The molecule has 1 N–H and O–H groups in total. The van der Waals surface area contributed by atoms with Crippen LogP contribution in [0, 0.1) is 0 Å². The average molecular weight is 248 g/mol. The Balaban J connectivity index is 2.71. The molecule has 1 unspecified atom stereocenters. The summed E-state index contributed by atoms with van der Waals surface area (Å²) in [7, 11) is -3.35. The van der Waals surface area contributed by atoms with Gasteiger partial charge >= 0.3 is 5.97 Å². The number of hydrogen-bond acceptors (Lipinski definition) is 4. The first-order chi connectivity index (χ1) is 6.92. The van der Waals surface area contributed by atoms with Crippen molar-refractivity contribution in [1.82, 2.24) is 0 Å². The second-order valence-electron chi connectivity index (χ2n) is 3.30. The summed E-state index contributed by atoms with van der Waals surface area (Å²) in [6, 6.07) is 3.51. The zero-order chi connectivity index (χ0) is 11.5. The van der Waals surface area contributed by atoms with Crippen LogP contribution in [-0.2, 0) is 20.4 Å². The Kier molecular flexibility index (Phi) is 3.87. The van der Waals surface area contributed by atoms with Crippen LogP contribution in [0.3, 0.4) is 0 Å². The Hall–Kier alpha value is -0.880. The molecule has 0 aromatic carbocycles. The summed E-state index contributed by atoms with van der Waals surface area (Å²) in [6.45, 7) is 1.43. The molecule has 0 aliphatic carbocycles. The Morgan fingerprint density at radius 2 is 2.27 bits per heavy atom. The van der Waals surface area contributed by atoms with Crippen molar-refractivity contribution in [1.29, 1.82) is 0 Å². The minimum Gasteiger partial charge on any atom is -0.481 e. The van der Waals surface area contributed by atoms with E-state index in [-0.39, 0.29) is 12.2 Å². The van der Waals surface area contributed by atoms with Gasteiger partial charge < -0.3 is 5.11 Å². The number of carbonyl (C=O) groups is 1. The molecule has 1 heterocycles. The summed E-state index contributed by atoms with van der Waals surface area (Å²) in [4.78, 5) is 11.1.